The number of halogens is 1. The van der Waals surface area contributed by atoms with Crippen LogP contribution in [0.5, 0.6) is 5.75 Å². The Hall–Kier alpha value is -1.07. The summed E-state index contributed by atoms with van der Waals surface area (Å²) in [5, 5.41) is 11.9. The Labute approximate surface area is 114 Å². The van der Waals surface area contributed by atoms with E-state index in [1.54, 1.807) is 0 Å². The van der Waals surface area contributed by atoms with Gasteiger partial charge in [-0.25, -0.2) is 0 Å². The lowest BCUT2D eigenvalue weighted by molar-refractivity contribution is -0.122. The number of hydrogen-bond donors (Lipinski definition) is 2. The van der Waals surface area contributed by atoms with Gasteiger partial charge in [0.1, 0.15) is 5.75 Å². The van der Waals surface area contributed by atoms with Crippen molar-refractivity contribution in [1.82, 2.24) is 5.32 Å². The van der Waals surface area contributed by atoms with Crippen molar-refractivity contribution < 1.29 is 14.6 Å². The predicted octanol–water partition coefficient (Wildman–Crippen LogP) is 1.86. The average molecular weight is 314 g/mol. The molecule has 1 aromatic carbocycles. The predicted molar refractivity (Wildman–Crippen MR) is 71.4 cm³/mol. The first-order chi connectivity index (χ1) is 8.63. The lowest BCUT2D eigenvalue weighted by atomic mass is 10.3. The Morgan fingerprint density at radius 1 is 1.50 bits per heavy atom. The summed E-state index contributed by atoms with van der Waals surface area (Å²) < 4.78 is 6.42. The zero-order valence-electron chi connectivity index (χ0n) is 9.99. The van der Waals surface area contributed by atoms with Gasteiger partial charge in [-0.3, -0.25) is 4.79 Å². The lowest BCUT2D eigenvalue weighted by Gasteiger charge is -2.14. The van der Waals surface area contributed by atoms with Gasteiger partial charge in [0.25, 0.3) is 0 Å². The summed E-state index contributed by atoms with van der Waals surface area (Å²) in [5.41, 5.74) is -0.340. The van der Waals surface area contributed by atoms with Crippen LogP contribution >= 0.6 is 15.9 Å². The highest BCUT2D eigenvalue weighted by Crippen LogP contribution is 2.34. The second-order valence-electron chi connectivity index (χ2n) is 4.54. The van der Waals surface area contributed by atoms with E-state index in [2.05, 4.69) is 21.2 Å². The number of ether oxygens (including phenoxy) is 1. The molecule has 18 heavy (non-hydrogen) atoms. The van der Waals surface area contributed by atoms with Crippen molar-refractivity contribution in [3.8, 4) is 5.75 Å². The molecule has 0 radical (unpaired) electrons. The molecule has 0 atom stereocenters. The Morgan fingerprint density at radius 3 is 2.89 bits per heavy atom. The molecule has 1 saturated carbocycles. The van der Waals surface area contributed by atoms with Crippen molar-refractivity contribution in [3.63, 3.8) is 0 Å². The van der Waals surface area contributed by atoms with E-state index >= 15 is 0 Å². The Balaban J connectivity index is 1.70. The van der Waals surface area contributed by atoms with Crippen molar-refractivity contribution in [3.05, 3.63) is 28.7 Å². The molecule has 98 valence electrons. The Kier molecular flexibility index (Phi) is 4.24. The first-order valence-electron chi connectivity index (χ1n) is 5.94. The fraction of sp³-hybridized carbons (Fsp3) is 0.462. The van der Waals surface area contributed by atoms with Crippen molar-refractivity contribution in [1.29, 1.82) is 0 Å². The molecule has 0 bridgehead atoms. The maximum absolute atomic E-state index is 11.6. The fourth-order valence-corrected chi connectivity index (χ4v) is 2.03. The average Bonchev–Trinajstić information content (AvgIpc) is 3.09. The van der Waals surface area contributed by atoms with Gasteiger partial charge in [-0.15, -0.1) is 0 Å². The molecule has 0 spiro atoms. The van der Waals surface area contributed by atoms with E-state index < -0.39 is 0 Å². The van der Waals surface area contributed by atoms with Crippen LogP contribution < -0.4 is 10.1 Å². The number of aliphatic hydroxyl groups excluding tert-OH is 1. The maximum Gasteiger partial charge on any atom is 0.223 e. The first-order valence-corrected chi connectivity index (χ1v) is 6.73. The number of benzene rings is 1. The van der Waals surface area contributed by atoms with Crippen LogP contribution in [0, 0.1) is 0 Å². The van der Waals surface area contributed by atoms with Crippen LogP contribution in [0.15, 0.2) is 28.7 Å². The van der Waals surface area contributed by atoms with E-state index in [1.807, 2.05) is 24.3 Å². The number of hydrogen-bond acceptors (Lipinski definition) is 3. The van der Waals surface area contributed by atoms with Gasteiger partial charge < -0.3 is 15.2 Å². The van der Waals surface area contributed by atoms with Crippen LogP contribution in [0.25, 0.3) is 0 Å². The quantitative estimate of drug-likeness (QED) is 0.843. The second kappa shape index (κ2) is 5.71. The van der Waals surface area contributed by atoms with E-state index in [1.165, 1.54) is 0 Å². The summed E-state index contributed by atoms with van der Waals surface area (Å²) in [6, 6.07) is 7.49. The van der Waals surface area contributed by atoms with Crippen LogP contribution in [-0.4, -0.2) is 29.8 Å². The Bertz CT molecular complexity index is 432. The van der Waals surface area contributed by atoms with Crippen molar-refractivity contribution in [2.75, 3.05) is 13.2 Å². The summed E-state index contributed by atoms with van der Waals surface area (Å²) in [7, 11) is 0. The third kappa shape index (κ3) is 3.71. The SMILES string of the molecule is O=C(CCOc1cccc(Br)c1)NC1(CO)CC1. The number of carbonyl (C=O) groups excluding carboxylic acids is 1. The highest BCUT2D eigenvalue weighted by Gasteiger charge is 2.43. The molecule has 4 nitrogen and oxygen atoms in total. The molecule has 1 fully saturated rings. The minimum Gasteiger partial charge on any atom is -0.493 e. The molecule has 1 aliphatic rings. The van der Waals surface area contributed by atoms with E-state index in [0.717, 1.165) is 23.1 Å². The molecule has 0 aliphatic heterocycles. The summed E-state index contributed by atoms with van der Waals surface area (Å²) in [6.45, 7) is 0.356. The fourth-order valence-electron chi connectivity index (χ4n) is 1.65. The van der Waals surface area contributed by atoms with Crippen LogP contribution in [0.3, 0.4) is 0 Å². The standard InChI is InChI=1S/C13H16BrNO3/c14-10-2-1-3-11(8-10)18-7-4-12(17)15-13(9-16)5-6-13/h1-3,8,16H,4-7,9H2,(H,15,17). The molecule has 2 N–H and O–H groups in total. The van der Waals surface area contributed by atoms with Gasteiger partial charge in [0.05, 0.1) is 25.2 Å². The van der Waals surface area contributed by atoms with Gasteiger partial charge in [0, 0.05) is 4.47 Å². The summed E-state index contributed by atoms with van der Waals surface area (Å²) in [6.07, 6.45) is 2.03. The second-order valence-corrected chi connectivity index (χ2v) is 5.46. The summed E-state index contributed by atoms with van der Waals surface area (Å²) in [5.74, 6) is 0.664. The van der Waals surface area contributed by atoms with Crippen LogP contribution in [0.1, 0.15) is 19.3 Å². The highest BCUT2D eigenvalue weighted by atomic mass is 79.9. The molecule has 5 heteroatoms. The highest BCUT2D eigenvalue weighted by molar-refractivity contribution is 9.10. The third-order valence-electron chi connectivity index (χ3n) is 2.95. The van der Waals surface area contributed by atoms with Gasteiger partial charge in [-0.1, -0.05) is 22.0 Å². The van der Waals surface area contributed by atoms with Crippen LogP contribution in [-0.2, 0) is 4.79 Å². The minimum atomic E-state index is -0.340. The van der Waals surface area contributed by atoms with Gasteiger partial charge >= 0.3 is 0 Å². The first kappa shape index (κ1) is 13.4. The third-order valence-corrected chi connectivity index (χ3v) is 3.45. The topological polar surface area (TPSA) is 58.6 Å². The number of aliphatic hydroxyl groups is 1. The van der Waals surface area contributed by atoms with Gasteiger partial charge in [-0.2, -0.15) is 0 Å². The zero-order chi connectivity index (χ0) is 13.0. The zero-order valence-corrected chi connectivity index (χ0v) is 11.6. The molecular weight excluding hydrogens is 298 g/mol. The number of nitrogens with one attached hydrogen (secondary N) is 1. The van der Waals surface area contributed by atoms with Crippen LogP contribution in [0.2, 0.25) is 0 Å². The normalized spacial score (nSPS) is 16.1. The Morgan fingerprint density at radius 2 is 2.28 bits per heavy atom. The molecule has 0 aromatic heterocycles. The number of rotatable bonds is 6. The summed E-state index contributed by atoms with van der Waals surface area (Å²) >= 11 is 3.35. The monoisotopic (exact) mass is 313 g/mol. The molecule has 1 aliphatic carbocycles. The smallest absolute Gasteiger partial charge is 0.223 e. The van der Waals surface area contributed by atoms with Crippen molar-refractivity contribution in [2.45, 2.75) is 24.8 Å². The molecule has 0 heterocycles. The lowest BCUT2D eigenvalue weighted by Crippen LogP contribution is -2.40. The van der Waals surface area contributed by atoms with Crippen molar-refractivity contribution >= 4 is 21.8 Å². The number of carbonyl (C=O) groups is 1. The molecule has 1 aromatic rings. The van der Waals surface area contributed by atoms with Gasteiger partial charge in [0.15, 0.2) is 0 Å². The minimum absolute atomic E-state index is 0.0191. The van der Waals surface area contributed by atoms with Gasteiger partial charge in [0.2, 0.25) is 5.91 Å². The molecule has 0 saturated heterocycles. The maximum atomic E-state index is 11.6. The summed E-state index contributed by atoms with van der Waals surface area (Å²) in [4.78, 5) is 11.6. The number of amides is 1. The molecule has 0 unspecified atom stereocenters. The van der Waals surface area contributed by atoms with E-state index in [9.17, 15) is 4.79 Å². The van der Waals surface area contributed by atoms with Crippen LogP contribution in [0.4, 0.5) is 0 Å². The van der Waals surface area contributed by atoms with E-state index in [0.29, 0.717) is 13.0 Å². The van der Waals surface area contributed by atoms with Crippen molar-refractivity contribution in [2.24, 2.45) is 0 Å². The molecule has 1 amide bonds. The van der Waals surface area contributed by atoms with E-state index in [-0.39, 0.29) is 18.1 Å². The molecular formula is C13H16BrNO3. The van der Waals surface area contributed by atoms with E-state index in [4.69, 9.17) is 9.84 Å². The molecule has 2 rings (SSSR count). The van der Waals surface area contributed by atoms with Gasteiger partial charge in [-0.05, 0) is 31.0 Å². The largest absolute Gasteiger partial charge is 0.493 e.